The number of unbranched alkanes of at least 4 members (excludes halogenated alkanes) is 1. The molecule has 1 aliphatic heterocycles. The van der Waals surface area contributed by atoms with E-state index in [9.17, 15) is 18.0 Å². The van der Waals surface area contributed by atoms with Gasteiger partial charge in [-0.1, -0.05) is 31.0 Å². The van der Waals surface area contributed by atoms with Gasteiger partial charge in [-0.2, -0.15) is 18.3 Å². The Morgan fingerprint density at radius 3 is 2.66 bits per heavy atom. The highest BCUT2D eigenvalue weighted by atomic mass is 35.5. The van der Waals surface area contributed by atoms with Gasteiger partial charge < -0.3 is 10.2 Å². The molecule has 1 saturated heterocycles. The van der Waals surface area contributed by atoms with Gasteiger partial charge in [0.1, 0.15) is 0 Å². The van der Waals surface area contributed by atoms with Gasteiger partial charge in [-0.3, -0.25) is 4.79 Å². The van der Waals surface area contributed by atoms with Gasteiger partial charge in [0.2, 0.25) is 0 Å². The highest BCUT2D eigenvalue weighted by Gasteiger charge is 2.41. The summed E-state index contributed by atoms with van der Waals surface area (Å²) in [6, 6.07) is 5.78. The molecular formula is C20H24ClF3N4O. The van der Waals surface area contributed by atoms with Crippen LogP contribution in [0.15, 0.2) is 30.5 Å². The van der Waals surface area contributed by atoms with E-state index in [0.717, 1.165) is 51.5 Å². The molecule has 1 aromatic carbocycles. The smallest absolute Gasteiger partial charge is 0.349 e. The molecular weight excluding hydrogens is 405 g/mol. The first-order chi connectivity index (χ1) is 13.8. The Morgan fingerprint density at radius 1 is 1.31 bits per heavy atom. The van der Waals surface area contributed by atoms with Gasteiger partial charge in [0.25, 0.3) is 5.91 Å². The first kappa shape index (κ1) is 21.6. The molecule has 3 rings (SSSR count). The van der Waals surface area contributed by atoms with Gasteiger partial charge in [-0.05, 0) is 44.0 Å². The van der Waals surface area contributed by atoms with Crippen LogP contribution in [0.5, 0.6) is 0 Å². The summed E-state index contributed by atoms with van der Waals surface area (Å²) in [6.07, 6.45) is -0.0922. The molecule has 0 aliphatic carbocycles. The second-order valence-corrected chi connectivity index (χ2v) is 7.68. The van der Waals surface area contributed by atoms with E-state index >= 15 is 0 Å². The van der Waals surface area contributed by atoms with Crippen molar-refractivity contribution < 1.29 is 18.0 Å². The Morgan fingerprint density at radius 2 is 2.03 bits per heavy atom. The van der Waals surface area contributed by atoms with E-state index in [1.807, 2.05) is 0 Å². The second kappa shape index (κ2) is 9.17. The van der Waals surface area contributed by atoms with E-state index in [0.29, 0.717) is 4.68 Å². The fraction of sp³-hybridized carbons (Fsp3) is 0.500. The van der Waals surface area contributed by atoms with Gasteiger partial charge in [0.15, 0.2) is 5.69 Å². The monoisotopic (exact) mass is 428 g/mol. The molecule has 5 nitrogen and oxygen atoms in total. The lowest BCUT2D eigenvalue weighted by Crippen LogP contribution is -2.45. The van der Waals surface area contributed by atoms with Gasteiger partial charge in [0.05, 0.1) is 17.4 Å². The van der Waals surface area contributed by atoms with Gasteiger partial charge in [-0.25, -0.2) is 4.68 Å². The van der Waals surface area contributed by atoms with Crippen LogP contribution in [0.3, 0.4) is 0 Å². The van der Waals surface area contributed by atoms with Crippen molar-refractivity contribution in [2.24, 2.45) is 0 Å². The molecule has 0 saturated carbocycles. The Labute approximate surface area is 172 Å². The van der Waals surface area contributed by atoms with Crippen molar-refractivity contribution in [1.82, 2.24) is 20.0 Å². The third-order valence-electron chi connectivity index (χ3n) is 5.09. The molecule has 1 fully saturated rings. The number of piperidine rings is 1. The molecule has 0 bridgehead atoms. The lowest BCUT2D eigenvalue weighted by atomic mass is 10.0. The number of aromatic nitrogens is 2. The third kappa shape index (κ3) is 5.30. The largest absolute Gasteiger partial charge is 0.434 e. The number of hydrogen-bond acceptors (Lipinski definition) is 3. The van der Waals surface area contributed by atoms with Gasteiger partial charge in [0, 0.05) is 24.2 Å². The minimum absolute atomic E-state index is 0.143. The van der Waals surface area contributed by atoms with Gasteiger partial charge in [-0.15, -0.1) is 0 Å². The number of amides is 1. The van der Waals surface area contributed by atoms with Crippen molar-refractivity contribution in [3.8, 4) is 5.69 Å². The van der Waals surface area contributed by atoms with Crippen LogP contribution >= 0.6 is 11.6 Å². The maximum atomic E-state index is 13.8. The van der Waals surface area contributed by atoms with Crippen molar-refractivity contribution in [3.05, 3.63) is 46.7 Å². The predicted molar refractivity (Wildman–Crippen MR) is 105 cm³/mol. The highest BCUT2D eigenvalue weighted by molar-refractivity contribution is 6.30. The van der Waals surface area contributed by atoms with E-state index in [4.69, 9.17) is 11.6 Å². The van der Waals surface area contributed by atoms with Crippen LogP contribution in [-0.4, -0.2) is 46.3 Å². The van der Waals surface area contributed by atoms with Crippen molar-refractivity contribution in [2.45, 2.75) is 44.8 Å². The maximum Gasteiger partial charge on any atom is 0.434 e. The van der Waals surface area contributed by atoms with Crippen LogP contribution in [0, 0.1) is 0 Å². The fourth-order valence-electron chi connectivity index (χ4n) is 3.54. The summed E-state index contributed by atoms with van der Waals surface area (Å²) in [6.45, 7) is 4.81. The zero-order chi connectivity index (χ0) is 21.0. The molecule has 2 aromatic rings. The topological polar surface area (TPSA) is 50.2 Å². The normalized spacial score (nSPS) is 16.2. The second-order valence-electron chi connectivity index (χ2n) is 7.24. The zero-order valence-corrected chi connectivity index (χ0v) is 16.9. The SMILES string of the molecule is CCCCN1CCC(NC(=O)c2cnn(-c3cccc(Cl)c3)c2C(F)(F)F)CC1. The van der Waals surface area contributed by atoms with Crippen LogP contribution in [0.1, 0.15) is 48.7 Å². The standard InChI is InChI=1S/C20H24ClF3N4O/c1-2-3-9-27-10-7-15(8-11-27)26-19(29)17-13-25-28(18(17)20(22,23)24)16-6-4-5-14(21)12-16/h4-6,12-13,15H,2-3,7-11H2,1H3,(H,26,29). The van der Waals surface area contributed by atoms with Crippen molar-refractivity contribution in [3.63, 3.8) is 0 Å². The molecule has 0 unspecified atom stereocenters. The number of nitrogens with one attached hydrogen (secondary N) is 1. The van der Waals surface area contributed by atoms with E-state index in [1.165, 1.54) is 18.2 Å². The van der Waals surface area contributed by atoms with E-state index in [-0.39, 0.29) is 16.8 Å². The molecule has 1 amide bonds. The minimum atomic E-state index is -4.74. The molecule has 158 valence electrons. The molecule has 29 heavy (non-hydrogen) atoms. The minimum Gasteiger partial charge on any atom is -0.349 e. The van der Waals surface area contributed by atoms with Crippen molar-refractivity contribution >= 4 is 17.5 Å². The number of benzene rings is 1. The summed E-state index contributed by atoms with van der Waals surface area (Å²) in [5.41, 5.74) is -1.43. The summed E-state index contributed by atoms with van der Waals surface area (Å²) in [5.74, 6) is -0.752. The Balaban J connectivity index is 1.76. The summed E-state index contributed by atoms with van der Waals surface area (Å²) in [4.78, 5) is 15.0. The quantitative estimate of drug-likeness (QED) is 0.735. The number of halogens is 4. The predicted octanol–water partition coefficient (Wildman–Crippen LogP) is 4.54. The van der Waals surface area contributed by atoms with Crippen LogP contribution in [0.2, 0.25) is 5.02 Å². The number of rotatable bonds is 6. The van der Waals surface area contributed by atoms with Crippen molar-refractivity contribution in [1.29, 1.82) is 0 Å². The Hall–Kier alpha value is -2.06. The molecule has 1 aliphatic rings. The maximum absolute atomic E-state index is 13.8. The molecule has 0 radical (unpaired) electrons. The number of alkyl halides is 3. The van der Waals surface area contributed by atoms with Crippen LogP contribution in [0.4, 0.5) is 13.2 Å². The first-order valence-corrected chi connectivity index (χ1v) is 10.1. The number of carbonyl (C=O) groups is 1. The summed E-state index contributed by atoms with van der Waals surface area (Å²) < 4.78 is 42.0. The number of nitrogens with zero attached hydrogens (tertiary/aromatic N) is 3. The lowest BCUT2D eigenvalue weighted by molar-refractivity contribution is -0.143. The number of carbonyl (C=O) groups excluding carboxylic acids is 1. The van der Waals surface area contributed by atoms with Gasteiger partial charge >= 0.3 is 6.18 Å². The average Bonchev–Trinajstić information content (AvgIpc) is 3.13. The Kier molecular flexibility index (Phi) is 6.85. The van der Waals surface area contributed by atoms with Crippen molar-refractivity contribution in [2.75, 3.05) is 19.6 Å². The fourth-order valence-corrected chi connectivity index (χ4v) is 3.72. The van der Waals surface area contributed by atoms with E-state index < -0.39 is 23.3 Å². The number of hydrogen-bond donors (Lipinski definition) is 1. The molecule has 9 heteroatoms. The lowest BCUT2D eigenvalue weighted by Gasteiger charge is -2.32. The Bertz CT molecular complexity index is 844. The summed E-state index contributed by atoms with van der Waals surface area (Å²) >= 11 is 5.90. The summed E-state index contributed by atoms with van der Waals surface area (Å²) in [7, 11) is 0. The molecule has 0 atom stereocenters. The molecule has 1 N–H and O–H groups in total. The first-order valence-electron chi connectivity index (χ1n) is 9.74. The van der Waals surface area contributed by atoms with Crippen LogP contribution < -0.4 is 5.32 Å². The highest BCUT2D eigenvalue weighted by Crippen LogP contribution is 2.34. The molecule has 0 spiro atoms. The van der Waals surface area contributed by atoms with Crippen LogP contribution in [0.25, 0.3) is 5.69 Å². The summed E-state index contributed by atoms with van der Waals surface area (Å²) in [5, 5.41) is 6.86. The van der Waals surface area contributed by atoms with Crippen LogP contribution in [-0.2, 0) is 6.18 Å². The van der Waals surface area contributed by atoms with E-state index in [2.05, 4.69) is 22.2 Å². The third-order valence-corrected chi connectivity index (χ3v) is 5.32. The zero-order valence-electron chi connectivity index (χ0n) is 16.2. The average molecular weight is 429 g/mol. The van der Waals surface area contributed by atoms with E-state index in [1.54, 1.807) is 6.07 Å². The molecule has 1 aromatic heterocycles. The molecule has 2 heterocycles. The number of likely N-dealkylation sites (tertiary alicyclic amines) is 1.